The third-order valence-corrected chi connectivity index (χ3v) is 7.24. The standard InChI is InChI=1S/C23H23ClFN5O2/c24-23(7-5-15(6-8-23)22-18(25)2-1-9-26-22)17-3-4-19-16(10-17)11-29(21(32)13-31)12-20-28-27-14-30(19)20/h1-4,9-10,13-15,21,32H,5-8,11-12H2. The Balaban J connectivity index is 1.43. The number of carbonyl (C=O) groups is 1. The fourth-order valence-corrected chi connectivity index (χ4v) is 5.19. The lowest BCUT2D eigenvalue weighted by molar-refractivity contribution is -0.125. The van der Waals surface area contributed by atoms with Crippen LogP contribution in [-0.2, 0) is 22.8 Å². The van der Waals surface area contributed by atoms with Crippen LogP contribution in [0.1, 0.15) is 54.2 Å². The van der Waals surface area contributed by atoms with Gasteiger partial charge < -0.3 is 5.11 Å². The van der Waals surface area contributed by atoms with E-state index in [1.54, 1.807) is 23.5 Å². The van der Waals surface area contributed by atoms with Crippen molar-refractivity contribution in [3.05, 3.63) is 71.3 Å². The second-order valence-corrected chi connectivity index (χ2v) is 9.25. The number of aliphatic hydroxyl groups is 1. The van der Waals surface area contributed by atoms with Crippen LogP contribution in [0.4, 0.5) is 4.39 Å². The summed E-state index contributed by atoms with van der Waals surface area (Å²) >= 11 is 7.12. The largest absolute Gasteiger partial charge is 0.371 e. The minimum Gasteiger partial charge on any atom is -0.371 e. The van der Waals surface area contributed by atoms with Crippen molar-refractivity contribution in [1.29, 1.82) is 0 Å². The van der Waals surface area contributed by atoms with Crippen molar-refractivity contribution in [2.75, 3.05) is 0 Å². The van der Waals surface area contributed by atoms with Crippen molar-refractivity contribution < 1.29 is 14.3 Å². The molecule has 5 rings (SSSR count). The molecule has 3 aromatic rings. The van der Waals surface area contributed by atoms with Crippen LogP contribution in [0, 0.1) is 5.82 Å². The molecule has 1 saturated carbocycles. The molecule has 9 heteroatoms. The third-order valence-electron chi connectivity index (χ3n) is 6.64. The van der Waals surface area contributed by atoms with Crippen LogP contribution in [-0.4, -0.2) is 42.3 Å². The Morgan fingerprint density at radius 3 is 2.81 bits per heavy atom. The van der Waals surface area contributed by atoms with Gasteiger partial charge in [-0.3, -0.25) is 19.2 Å². The molecule has 0 amide bonds. The molecule has 0 spiro atoms. The highest BCUT2D eigenvalue weighted by Gasteiger charge is 2.37. The van der Waals surface area contributed by atoms with Gasteiger partial charge in [-0.2, -0.15) is 0 Å². The van der Waals surface area contributed by atoms with Gasteiger partial charge in [-0.25, -0.2) is 4.39 Å². The van der Waals surface area contributed by atoms with Crippen LogP contribution in [0.3, 0.4) is 0 Å². The maximum Gasteiger partial charge on any atom is 0.164 e. The van der Waals surface area contributed by atoms with Gasteiger partial charge in [0, 0.05) is 18.7 Å². The number of aromatic nitrogens is 4. The molecule has 1 unspecified atom stereocenters. The minimum atomic E-state index is -1.23. The van der Waals surface area contributed by atoms with Gasteiger partial charge in [0.15, 0.2) is 18.3 Å². The quantitative estimate of drug-likeness (QED) is 0.479. The molecule has 0 saturated heterocycles. The zero-order valence-electron chi connectivity index (χ0n) is 17.4. The Hall–Kier alpha value is -2.68. The van der Waals surface area contributed by atoms with E-state index < -0.39 is 11.1 Å². The second-order valence-electron chi connectivity index (χ2n) is 8.53. The number of rotatable bonds is 4. The number of hydrogen-bond acceptors (Lipinski definition) is 6. The van der Waals surface area contributed by atoms with Gasteiger partial charge in [0.25, 0.3) is 0 Å². The van der Waals surface area contributed by atoms with E-state index in [2.05, 4.69) is 15.2 Å². The number of carbonyl (C=O) groups excluding carboxylic acids is 1. The molecule has 2 aromatic heterocycles. The van der Waals surface area contributed by atoms with E-state index in [9.17, 15) is 14.3 Å². The molecule has 1 aromatic carbocycles. The first-order valence-electron chi connectivity index (χ1n) is 10.7. The maximum atomic E-state index is 14.2. The smallest absolute Gasteiger partial charge is 0.164 e. The molecule has 1 N–H and O–H groups in total. The van der Waals surface area contributed by atoms with E-state index in [0.29, 0.717) is 43.7 Å². The topological polar surface area (TPSA) is 84.1 Å². The normalized spacial score (nSPS) is 24.3. The lowest BCUT2D eigenvalue weighted by Gasteiger charge is -2.36. The fraction of sp³-hybridized carbons (Fsp3) is 0.391. The predicted octanol–water partition coefficient (Wildman–Crippen LogP) is 3.43. The number of nitrogens with zero attached hydrogens (tertiary/aromatic N) is 5. The maximum absolute atomic E-state index is 14.2. The molecule has 0 bridgehead atoms. The van der Waals surface area contributed by atoms with Crippen molar-refractivity contribution in [2.45, 2.75) is 55.8 Å². The SMILES string of the molecule is O=CC(O)N1Cc2cc(C3(Cl)CCC(c4ncccc4F)CC3)ccc2-n2cnnc2C1. The number of hydrogen-bond donors (Lipinski definition) is 1. The molecule has 7 nitrogen and oxygen atoms in total. The van der Waals surface area contributed by atoms with E-state index in [-0.39, 0.29) is 11.7 Å². The summed E-state index contributed by atoms with van der Waals surface area (Å²) in [5, 5.41) is 18.3. The van der Waals surface area contributed by atoms with Gasteiger partial charge in [-0.05, 0) is 55.0 Å². The van der Waals surface area contributed by atoms with Crippen LogP contribution in [0.15, 0.2) is 42.9 Å². The van der Waals surface area contributed by atoms with E-state index in [0.717, 1.165) is 29.7 Å². The highest BCUT2D eigenvalue weighted by molar-refractivity contribution is 6.24. The summed E-state index contributed by atoms with van der Waals surface area (Å²) in [6.07, 6.45) is 5.44. The monoisotopic (exact) mass is 455 g/mol. The van der Waals surface area contributed by atoms with Crippen molar-refractivity contribution in [2.24, 2.45) is 0 Å². The number of pyridine rings is 1. The molecular weight excluding hydrogens is 433 g/mol. The lowest BCUT2D eigenvalue weighted by atomic mass is 9.76. The fourth-order valence-electron chi connectivity index (χ4n) is 4.86. The summed E-state index contributed by atoms with van der Waals surface area (Å²) in [4.78, 5) is 16.6. The molecule has 1 aliphatic carbocycles. The molecule has 3 heterocycles. The van der Waals surface area contributed by atoms with E-state index >= 15 is 0 Å². The Morgan fingerprint density at radius 1 is 1.25 bits per heavy atom. The molecule has 1 atom stereocenters. The number of fused-ring (bicyclic) bond motifs is 3. The number of aldehydes is 1. The Morgan fingerprint density at radius 2 is 2.06 bits per heavy atom. The first kappa shape index (κ1) is 21.2. The molecular formula is C23H23ClFN5O2. The molecule has 0 radical (unpaired) electrons. The van der Waals surface area contributed by atoms with Crippen molar-refractivity contribution in [3.8, 4) is 5.69 Å². The number of benzene rings is 1. The Kier molecular flexibility index (Phi) is 5.53. The summed E-state index contributed by atoms with van der Waals surface area (Å²) in [6.45, 7) is 0.675. The first-order valence-corrected chi connectivity index (χ1v) is 11.1. The zero-order chi connectivity index (χ0) is 22.3. The van der Waals surface area contributed by atoms with E-state index in [1.807, 2.05) is 22.8 Å². The highest BCUT2D eigenvalue weighted by Crippen LogP contribution is 2.48. The van der Waals surface area contributed by atoms with Crippen LogP contribution in [0.25, 0.3) is 5.69 Å². The summed E-state index contributed by atoms with van der Waals surface area (Å²) in [5.41, 5.74) is 3.33. The predicted molar refractivity (Wildman–Crippen MR) is 116 cm³/mol. The highest BCUT2D eigenvalue weighted by atomic mass is 35.5. The first-order chi connectivity index (χ1) is 15.5. The van der Waals surface area contributed by atoms with E-state index in [1.165, 1.54) is 6.07 Å². The van der Waals surface area contributed by atoms with Gasteiger partial charge >= 0.3 is 0 Å². The molecule has 166 valence electrons. The number of aliphatic hydroxyl groups excluding tert-OH is 1. The Bertz CT molecular complexity index is 1140. The van der Waals surface area contributed by atoms with Gasteiger partial charge in [0.1, 0.15) is 12.1 Å². The molecule has 1 aliphatic heterocycles. The van der Waals surface area contributed by atoms with Crippen LogP contribution < -0.4 is 0 Å². The summed E-state index contributed by atoms with van der Waals surface area (Å²) in [5.74, 6) is 0.445. The Labute approximate surface area is 189 Å². The molecule has 2 aliphatic rings. The van der Waals surface area contributed by atoms with Crippen molar-refractivity contribution in [3.63, 3.8) is 0 Å². The van der Waals surface area contributed by atoms with Gasteiger partial charge in [-0.1, -0.05) is 12.1 Å². The summed E-state index contributed by atoms with van der Waals surface area (Å²) < 4.78 is 16.1. The minimum absolute atomic E-state index is 0.0571. The van der Waals surface area contributed by atoms with Crippen molar-refractivity contribution in [1.82, 2.24) is 24.6 Å². The van der Waals surface area contributed by atoms with Gasteiger partial charge in [0.05, 0.1) is 22.8 Å². The average molecular weight is 456 g/mol. The van der Waals surface area contributed by atoms with Crippen molar-refractivity contribution >= 4 is 17.9 Å². The summed E-state index contributed by atoms with van der Waals surface area (Å²) in [6, 6.07) is 9.11. The van der Waals surface area contributed by atoms with Gasteiger partial charge in [-0.15, -0.1) is 21.8 Å². The molecule has 1 fully saturated rings. The van der Waals surface area contributed by atoms with Crippen LogP contribution in [0.5, 0.6) is 0 Å². The van der Waals surface area contributed by atoms with Crippen LogP contribution >= 0.6 is 11.6 Å². The lowest BCUT2D eigenvalue weighted by Crippen LogP contribution is -2.35. The number of halogens is 2. The van der Waals surface area contributed by atoms with E-state index in [4.69, 9.17) is 11.6 Å². The second kappa shape index (κ2) is 8.35. The zero-order valence-corrected chi connectivity index (χ0v) is 18.1. The summed E-state index contributed by atoms with van der Waals surface area (Å²) in [7, 11) is 0. The number of alkyl halides is 1. The third kappa shape index (κ3) is 3.72. The molecule has 32 heavy (non-hydrogen) atoms. The van der Waals surface area contributed by atoms with Gasteiger partial charge in [0.2, 0.25) is 0 Å². The average Bonchev–Trinajstić information content (AvgIpc) is 3.21. The van der Waals surface area contributed by atoms with Crippen LogP contribution in [0.2, 0.25) is 0 Å².